The molecule has 0 saturated carbocycles. The van der Waals surface area contributed by atoms with Gasteiger partial charge >= 0.3 is 5.97 Å². The van der Waals surface area contributed by atoms with Crippen LogP contribution in [0.15, 0.2) is 17.4 Å². The zero-order valence-corrected chi connectivity index (χ0v) is 17.6. The molecule has 0 fully saturated rings. The fourth-order valence-electron chi connectivity index (χ4n) is 3.62. The highest BCUT2D eigenvalue weighted by Crippen LogP contribution is 2.25. The second-order valence-corrected chi connectivity index (χ2v) is 7.97. The molecule has 0 saturated heterocycles. The average Bonchev–Trinajstić information content (AvgIpc) is 2.63. The molecule has 0 radical (unpaired) electrons. The number of aliphatic imine (C=N–C) groups is 1. The van der Waals surface area contributed by atoms with E-state index >= 15 is 0 Å². The number of carboxylic acids is 1. The van der Waals surface area contributed by atoms with Gasteiger partial charge in [0, 0.05) is 24.9 Å². The number of nitrogens with zero attached hydrogens (tertiary/aromatic N) is 3. The Kier molecular flexibility index (Phi) is 9.02. The Morgan fingerprint density at radius 2 is 1.90 bits per heavy atom. The van der Waals surface area contributed by atoms with Gasteiger partial charge in [0.15, 0.2) is 5.96 Å². The van der Waals surface area contributed by atoms with Gasteiger partial charge in [-0.2, -0.15) is 0 Å². The summed E-state index contributed by atoms with van der Waals surface area (Å²) in [7, 11) is 0. The number of carbonyl (C=O) groups is 2. The second-order valence-electron chi connectivity index (χ2n) is 7.97. The molecule has 1 aromatic heterocycles. The number of rotatable bonds is 10. The Hall–Kier alpha value is -2.51. The Morgan fingerprint density at radius 3 is 2.55 bits per heavy atom. The molecule has 3 N–H and O–H groups in total. The number of hydrogen-bond donors (Lipinski definition) is 3. The van der Waals surface area contributed by atoms with E-state index < -0.39 is 5.97 Å². The van der Waals surface area contributed by atoms with Crippen LogP contribution in [0.2, 0.25) is 0 Å². The van der Waals surface area contributed by atoms with Gasteiger partial charge in [0.2, 0.25) is 5.91 Å². The van der Waals surface area contributed by atoms with E-state index in [1.807, 2.05) is 13.8 Å². The van der Waals surface area contributed by atoms with E-state index in [1.165, 1.54) is 0 Å². The zero-order valence-electron chi connectivity index (χ0n) is 17.6. The van der Waals surface area contributed by atoms with Crippen LogP contribution in [0.25, 0.3) is 0 Å². The fraction of sp³-hybridized carbons (Fsp3) is 0.667. The zero-order chi connectivity index (χ0) is 21.2. The van der Waals surface area contributed by atoms with Crippen LogP contribution < -0.4 is 10.6 Å². The number of amides is 1. The van der Waals surface area contributed by atoms with Crippen LogP contribution in [0, 0.1) is 6.92 Å². The summed E-state index contributed by atoms with van der Waals surface area (Å²) in [5.74, 6) is 0.362. The number of aromatic nitrogens is 2. The first kappa shape index (κ1) is 22.8. The van der Waals surface area contributed by atoms with Crippen LogP contribution in [0.1, 0.15) is 82.5 Å². The lowest BCUT2D eigenvalue weighted by molar-refractivity contribution is -0.137. The molecule has 1 amide bonds. The first-order valence-electron chi connectivity index (χ1n) is 10.5. The highest BCUT2D eigenvalue weighted by molar-refractivity contribution is 5.97. The molecule has 3 atom stereocenters. The minimum absolute atomic E-state index is 0.0156. The second kappa shape index (κ2) is 11.5. The van der Waals surface area contributed by atoms with Gasteiger partial charge in [-0.3, -0.25) is 14.9 Å². The maximum Gasteiger partial charge on any atom is 0.303 e. The summed E-state index contributed by atoms with van der Waals surface area (Å²) in [6.07, 6.45) is 9.37. The van der Waals surface area contributed by atoms with Gasteiger partial charge in [0.25, 0.3) is 0 Å². The molecule has 0 unspecified atom stereocenters. The molecule has 0 aromatic carbocycles. The van der Waals surface area contributed by atoms with Crippen molar-refractivity contribution < 1.29 is 14.7 Å². The molecular formula is C21H33N5O3. The number of carbonyl (C=O) groups excluding carboxylic acids is 1. The third-order valence-electron chi connectivity index (χ3n) is 5.08. The lowest BCUT2D eigenvalue weighted by Gasteiger charge is -2.25. The summed E-state index contributed by atoms with van der Waals surface area (Å²) in [5.41, 5.74) is 0.876. The van der Waals surface area contributed by atoms with Crippen molar-refractivity contribution in [1.29, 1.82) is 0 Å². The number of carboxylic acid groups (broad SMARTS) is 1. The highest BCUT2D eigenvalue weighted by Gasteiger charge is 2.18. The van der Waals surface area contributed by atoms with Crippen molar-refractivity contribution >= 4 is 17.8 Å². The molecule has 1 aliphatic rings. The van der Waals surface area contributed by atoms with Crippen molar-refractivity contribution in [3.8, 4) is 0 Å². The Labute approximate surface area is 172 Å². The maximum absolute atomic E-state index is 12.1. The summed E-state index contributed by atoms with van der Waals surface area (Å²) in [5, 5.41) is 15.2. The van der Waals surface area contributed by atoms with E-state index in [2.05, 4.69) is 32.5 Å². The van der Waals surface area contributed by atoms with Gasteiger partial charge in [0.05, 0.1) is 12.5 Å². The van der Waals surface area contributed by atoms with E-state index in [0.29, 0.717) is 24.2 Å². The van der Waals surface area contributed by atoms with Gasteiger partial charge in [-0.05, 0) is 51.5 Å². The molecule has 8 nitrogen and oxygen atoms in total. The predicted octanol–water partition coefficient (Wildman–Crippen LogP) is 2.93. The lowest BCUT2D eigenvalue weighted by atomic mass is 9.92. The van der Waals surface area contributed by atoms with E-state index in [9.17, 15) is 9.59 Å². The van der Waals surface area contributed by atoms with Crippen molar-refractivity contribution in [2.24, 2.45) is 4.99 Å². The van der Waals surface area contributed by atoms with Crippen LogP contribution in [0.3, 0.4) is 0 Å². The van der Waals surface area contributed by atoms with Crippen molar-refractivity contribution in [3.63, 3.8) is 0 Å². The normalized spacial score (nSPS) is 19.8. The third-order valence-corrected chi connectivity index (χ3v) is 5.08. The largest absolute Gasteiger partial charge is 0.481 e. The molecule has 1 aliphatic heterocycles. The van der Waals surface area contributed by atoms with Gasteiger partial charge in [-0.1, -0.05) is 19.3 Å². The topological polar surface area (TPSA) is 117 Å². The first-order valence-corrected chi connectivity index (χ1v) is 10.5. The summed E-state index contributed by atoms with van der Waals surface area (Å²) in [6.45, 7) is 5.94. The van der Waals surface area contributed by atoms with Crippen LogP contribution in [-0.4, -0.2) is 45.0 Å². The SMILES string of the molecule is Cc1ncc([C@@H](CCCCCCC(=O)NC2=N[C@@H](C)C[C@H](C)N2)CC(=O)O)cn1. The standard InChI is InChI=1S/C21H33N5O3/c1-14-10-15(2)25-21(24-14)26-19(27)9-7-5-4-6-8-17(11-20(28)29)18-12-22-16(3)23-13-18/h12-15,17H,4-11H2,1-3H3,(H,28,29)(H2,24,25,26,27)/t14-,15-,17-/m0/s1. The van der Waals surface area contributed by atoms with E-state index in [1.54, 1.807) is 12.4 Å². The molecule has 0 aliphatic carbocycles. The summed E-state index contributed by atoms with van der Waals surface area (Å²) >= 11 is 0. The van der Waals surface area contributed by atoms with E-state index in [4.69, 9.17) is 5.11 Å². The molecule has 2 heterocycles. The van der Waals surface area contributed by atoms with Gasteiger partial charge < -0.3 is 10.4 Å². The van der Waals surface area contributed by atoms with Crippen LogP contribution in [-0.2, 0) is 9.59 Å². The molecular weight excluding hydrogens is 370 g/mol. The number of guanidine groups is 1. The summed E-state index contributed by atoms with van der Waals surface area (Å²) < 4.78 is 0. The smallest absolute Gasteiger partial charge is 0.303 e. The Morgan fingerprint density at radius 1 is 1.21 bits per heavy atom. The molecule has 8 heteroatoms. The van der Waals surface area contributed by atoms with E-state index in [-0.39, 0.29) is 24.3 Å². The van der Waals surface area contributed by atoms with Gasteiger partial charge in [-0.15, -0.1) is 0 Å². The highest BCUT2D eigenvalue weighted by atomic mass is 16.4. The number of nitrogens with one attached hydrogen (secondary N) is 2. The lowest BCUT2D eigenvalue weighted by Crippen LogP contribution is -2.49. The Balaban J connectivity index is 1.66. The van der Waals surface area contributed by atoms with Gasteiger partial charge in [-0.25, -0.2) is 15.0 Å². The summed E-state index contributed by atoms with van der Waals surface area (Å²) in [4.78, 5) is 36.0. The number of aryl methyl sites for hydroxylation is 1. The average molecular weight is 404 g/mol. The van der Waals surface area contributed by atoms with Gasteiger partial charge in [0.1, 0.15) is 5.82 Å². The quantitative estimate of drug-likeness (QED) is 0.517. The minimum atomic E-state index is -0.810. The monoisotopic (exact) mass is 403 g/mol. The molecule has 29 heavy (non-hydrogen) atoms. The predicted molar refractivity (Wildman–Crippen MR) is 112 cm³/mol. The number of unbranched alkanes of at least 4 members (excludes halogenated alkanes) is 3. The molecule has 0 bridgehead atoms. The van der Waals surface area contributed by atoms with Crippen molar-refractivity contribution in [2.45, 2.75) is 90.1 Å². The van der Waals surface area contributed by atoms with Crippen molar-refractivity contribution in [2.75, 3.05) is 0 Å². The van der Waals surface area contributed by atoms with Crippen LogP contribution >= 0.6 is 0 Å². The summed E-state index contributed by atoms with van der Waals surface area (Å²) in [6, 6.07) is 0.537. The van der Waals surface area contributed by atoms with Crippen LogP contribution in [0.4, 0.5) is 0 Å². The van der Waals surface area contributed by atoms with E-state index in [0.717, 1.165) is 44.1 Å². The van der Waals surface area contributed by atoms with Crippen LogP contribution in [0.5, 0.6) is 0 Å². The molecule has 2 rings (SSSR count). The number of aliphatic carboxylic acids is 1. The maximum atomic E-state index is 12.1. The Bertz CT molecular complexity index is 705. The van der Waals surface area contributed by atoms with Crippen molar-refractivity contribution in [3.05, 3.63) is 23.8 Å². The molecule has 160 valence electrons. The molecule has 1 aromatic rings. The molecule has 0 spiro atoms. The third kappa shape index (κ3) is 8.58. The minimum Gasteiger partial charge on any atom is -0.481 e. The first-order chi connectivity index (χ1) is 13.8. The fourth-order valence-corrected chi connectivity index (χ4v) is 3.62. The van der Waals surface area contributed by atoms with Crippen molar-refractivity contribution in [1.82, 2.24) is 20.6 Å². The number of hydrogen-bond acceptors (Lipinski definition) is 6.